The van der Waals surface area contributed by atoms with E-state index >= 15 is 0 Å². The lowest BCUT2D eigenvalue weighted by atomic mass is 9.96. The maximum atomic E-state index is 13.0. The van der Waals surface area contributed by atoms with E-state index in [9.17, 15) is 4.79 Å². The minimum absolute atomic E-state index is 0.0491. The van der Waals surface area contributed by atoms with Gasteiger partial charge in [-0.05, 0) is 62.0 Å². The molecule has 1 aliphatic carbocycles. The molecule has 0 spiro atoms. The van der Waals surface area contributed by atoms with E-state index in [2.05, 4.69) is 17.1 Å². The molecule has 1 aromatic carbocycles. The summed E-state index contributed by atoms with van der Waals surface area (Å²) in [5.41, 5.74) is 1.10. The molecule has 1 saturated carbocycles. The van der Waals surface area contributed by atoms with Crippen LogP contribution in [0.5, 0.6) is 0 Å². The Morgan fingerprint density at radius 1 is 1.37 bits per heavy atom. The van der Waals surface area contributed by atoms with E-state index in [-0.39, 0.29) is 23.7 Å². The fourth-order valence-corrected chi connectivity index (χ4v) is 4.72. The molecule has 27 heavy (non-hydrogen) atoms. The number of likely N-dealkylation sites (tertiary alicyclic amines) is 1. The van der Waals surface area contributed by atoms with Crippen molar-refractivity contribution in [2.24, 2.45) is 5.92 Å². The quantitative estimate of drug-likeness (QED) is 0.718. The van der Waals surface area contributed by atoms with Crippen molar-refractivity contribution in [2.75, 3.05) is 13.1 Å². The molecule has 2 fully saturated rings. The highest BCUT2D eigenvalue weighted by atomic mass is 35.5. The fourth-order valence-electron chi connectivity index (χ4n) is 4.15. The Hall–Kier alpha value is -1.37. The third kappa shape index (κ3) is 3.67. The number of aromatic amines is 1. The Balaban J connectivity index is 1.45. The fraction of sp³-hybridized carbons (Fsp3) is 0.526. The molecule has 4 rings (SSSR count). The van der Waals surface area contributed by atoms with Gasteiger partial charge in [-0.2, -0.15) is 5.10 Å². The third-order valence-electron chi connectivity index (χ3n) is 5.68. The lowest BCUT2D eigenvalue weighted by molar-refractivity contribution is -0.133. The van der Waals surface area contributed by atoms with Crippen LogP contribution in [0.3, 0.4) is 0 Å². The van der Waals surface area contributed by atoms with Crippen LogP contribution in [0.25, 0.3) is 0 Å². The van der Waals surface area contributed by atoms with Crippen molar-refractivity contribution in [2.45, 2.75) is 44.6 Å². The molecule has 1 aliphatic heterocycles. The average molecular weight is 425 g/mol. The Bertz CT molecular complexity index is 925. The molecule has 144 valence electrons. The van der Waals surface area contributed by atoms with Crippen LogP contribution >= 0.6 is 35.4 Å². The number of carbonyl (C=O) groups excluding carboxylic acids is 1. The van der Waals surface area contributed by atoms with Gasteiger partial charge in [-0.3, -0.25) is 9.89 Å². The van der Waals surface area contributed by atoms with Crippen LogP contribution in [0.15, 0.2) is 18.2 Å². The van der Waals surface area contributed by atoms with E-state index in [0.29, 0.717) is 21.4 Å². The van der Waals surface area contributed by atoms with Gasteiger partial charge >= 0.3 is 0 Å². The van der Waals surface area contributed by atoms with Gasteiger partial charge in [0.25, 0.3) is 0 Å². The largest absolute Gasteiger partial charge is 0.342 e. The standard InChI is InChI=1S/C19H22Cl2N4OS/c1-2-25-17(22-23-19(25)27)12-4-3-7-24(10-12)18(26)14-9-13(14)11-5-6-15(20)16(21)8-11/h5-6,8,12-14H,2-4,7,9-10H2,1H3,(H,23,27). The summed E-state index contributed by atoms with van der Waals surface area (Å²) >= 11 is 17.4. The molecule has 1 amide bonds. The second-order valence-electron chi connectivity index (χ2n) is 7.38. The lowest BCUT2D eigenvalue weighted by Crippen LogP contribution is -2.40. The van der Waals surface area contributed by atoms with Gasteiger partial charge in [0.1, 0.15) is 5.82 Å². The van der Waals surface area contributed by atoms with Crippen molar-refractivity contribution in [1.82, 2.24) is 19.7 Å². The van der Waals surface area contributed by atoms with Crippen molar-refractivity contribution in [1.29, 1.82) is 0 Å². The SMILES string of the molecule is CCn1c(C2CCCN(C(=O)C3CC3c3ccc(Cl)c(Cl)c3)C2)n[nH]c1=S. The molecule has 1 N–H and O–H groups in total. The predicted molar refractivity (Wildman–Crippen MR) is 109 cm³/mol. The molecule has 1 aromatic heterocycles. The smallest absolute Gasteiger partial charge is 0.226 e. The van der Waals surface area contributed by atoms with Crippen molar-refractivity contribution >= 4 is 41.3 Å². The molecule has 2 aromatic rings. The molecule has 0 bridgehead atoms. The number of rotatable bonds is 4. The molecule has 3 unspecified atom stereocenters. The highest BCUT2D eigenvalue weighted by molar-refractivity contribution is 7.71. The van der Waals surface area contributed by atoms with Crippen LogP contribution in [-0.4, -0.2) is 38.7 Å². The second-order valence-corrected chi connectivity index (χ2v) is 8.58. The summed E-state index contributed by atoms with van der Waals surface area (Å²) in [7, 11) is 0. The van der Waals surface area contributed by atoms with Crippen LogP contribution in [0, 0.1) is 10.7 Å². The molecular formula is C19H22Cl2N4OS. The number of nitrogens with one attached hydrogen (secondary N) is 1. The molecule has 8 heteroatoms. The van der Waals surface area contributed by atoms with Gasteiger partial charge in [-0.25, -0.2) is 0 Å². The first-order valence-electron chi connectivity index (χ1n) is 9.38. The number of benzene rings is 1. The number of hydrogen-bond acceptors (Lipinski definition) is 3. The van der Waals surface area contributed by atoms with Crippen LogP contribution < -0.4 is 0 Å². The molecular weight excluding hydrogens is 403 g/mol. The van der Waals surface area contributed by atoms with Crippen molar-refractivity contribution in [3.05, 3.63) is 44.4 Å². The third-order valence-corrected chi connectivity index (χ3v) is 6.73. The first kappa shape index (κ1) is 19.0. The number of hydrogen-bond donors (Lipinski definition) is 1. The van der Waals surface area contributed by atoms with Crippen LogP contribution in [-0.2, 0) is 11.3 Å². The number of H-pyrrole nitrogens is 1. The van der Waals surface area contributed by atoms with Crippen molar-refractivity contribution in [3.63, 3.8) is 0 Å². The van der Waals surface area contributed by atoms with Gasteiger partial charge in [-0.15, -0.1) is 0 Å². The minimum atomic E-state index is 0.0491. The summed E-state index contributed by atoms with van der Waals surface area (Å²) in [6.45, 7) is 4.38. The van der Waals surface area contributed by atoms with Gasteiger partial charge < -0.3 is 9.47 Å². The maximum absolute atomic E-state index is 13.0. The molecule has 2 aliphatic rings. The lowest BCUT2D eigenvalue weighted by Gasteiger charge is -2.32. The average Bonchev–Trinajstić information content (AvgIpc) is 3.39. The van der Waals surface area contributed by atoms with E-state index in [4.69, 9.17) is 35.4 Å². The first-order chi connectivity index (χ1) is 13.0. The molecule has 2 heterocycles. The normalized spacial score (nSPS) is 24.9. The summed E-state index contributed by atoms with van der Waals surface area (Å²) < 4.78 is 2.68. The number of nitrogens with zero attached hydrogens (tertiary/aromatic N) is 3. The zero-order chi connectivity index (χ0) is 19.1. The number of amides is 1. The predicted octanol–water partition coefficient (Wildman–Crippen LogP) is 4.78. The van der Waals surface area contributed by atoms with Crippen LogP contribution in [0.1, 0.15) is 49.4 Å². The monoisotopic (exact) mass is 424 g/mol. The van der Waals surface area contributed by atoms with Gasteiger partial charge in [0.15, 0.2) is 4.77 Å². The minimum Gasteiger partial charge on any atom is -0.342 e. The van der Waals surface area contributed by atoms with Gasteiger partial charge in [0, 0.05) is 31.5 Å². The second kappa shape index (κ2) is 7.57. The Morgan fingerprint density at radius 2 is 2.19 bits per heavy atom. The van der Waals surface area contributed by atoms with E-state index in [1.54, 1.807) is 0 Å². The zero-order valence-corrected chi connectivity index (χ0v) is 17.4. The van der Waals surface area contributed by atoms with Crippen molar-refractivity contribution in [3.8, 4) is 0 Å². The molecule has 1 saturated heterocycles. The Morgan fingerprint density at radius 3 is 2.93 bits per heavy atom. The summed E-state index contributed by atoms with van der Waals surface area (Å²) in [6, 6.07) is 5.67. The van der Waals surface area contributed by atoms with Gasteiger partial charge in [0.2, 0.25) is 5.91 Å². The van der Waals surface area contributed by atoms with E-state index in [1.165, 1.54) is 0 Å². The Labute approximate surface area is 173 Å². The number of halogens is 2. The summed E-state index contributed by atoms with van der Waals surface area (Å²) in [5, 5.41) is 8.41. The van der Waals surface area contributed by atoms with Gasteiger partial charge in [0.05, 0.1) is 10.0 Å². The van der Waals surface area contributed by atoms with E-state index in [0.717, 1.165) is 43.7 Å². The number of carbonyl (C=O) groups is 1. The van der Waals surface area contributed by atoms with Crippen molar-refractivity contribution < 1.29 is 4.79 Å². The maximum Gasteiger partial charge on any atom is 0.226 e. The molecule has 3 atom stereocenters. The first-order valence-corrected chi connectivity index (χ1v) is 10.5. The topological polar surface area (TPSA) is 53.9 Å². The van der Waals surface area contributed by atoms with E-state index in [1.807, 2.05) is 27.7 Å². The Kier molecular flexibility index (Phi) is 5.32. The van der Waals surface area contributed by atoms with Gasteiger partial charge in [-0.1, -0.05) is 29.3 Å². The summed E-state index contributed by atoms with van der Waals surface area (Å²) in [4.78, 5) is 15.1. The summed E-state index contributed by atoms with van der Waals surface area (Å²) in [5.74, 6) is 1.74. The van der Waals surface area contributed by atoms with Crippen LogP contribution in [0.4, 0.5) is 0 Å². The number of aromatic nitrogens is 3. The highest BCUT2D eigenvalue weighted by Crippen LogP contribution is 2.49. The van der Waals surface area contributed by atoms with E-state index < -0.39 is 0 Å². The summed E-state index contributed by atoms with van der Waals surface area (Å²) in [6.07, 6.45) is 2.90. The highest BCUT2D eigenvalue weighted by Gasteiger charge is 2.46. The molecule has 5 nitrogen and oxygen atoms in total. The van der Waals surface area contributed by atoms with Crippen LogP contribution in [0.2, 0.25) is 10.0 Å². The zero-order valence-electron chi connectivity index (χ0n) is 15.1. The number of piperidine rings is 1. The molecule has 0 radical (unpaired) electrons.